The number of aromatic nitrogens is 2. The molecule has 0 saturated carbocycles. The molecule has 116 valence electrons. The minimum atomic E-state index is -0.287. The molecule has 1 aromatic heterocycles. The summed E-state index contributed by atoms with van der Waals surface area (Å²) in [7, 11) is 0. The summed E-state index contributed by atoms with van der Waals surface area (Å²) in [6.07, 6.45) is 3.60. The molecular formula is C17H15N3O2S. The van der Waals surface area contributed by atoms with Crippen molar-refractivity contribution < 1.29 is 9.63 Å². The second-order valence-corrected chi connectivity index (χ2v) is 5.27. The van der Waals surface area contributed by atoms with Crippen molar-refractivity contribution in [2.75, 3.05) is 0 Å². The van der Waals surface area contributed by atoms with E-state index in [-0.39, 0.29) is 5.91 Å². The number of carbonyl (C=O) groups excluding carboxylic acids is 1. The number of hydroxylamine groups is 1. The minimum absolute atomic E-state index is 0.287. The first-order chi connectivity index (χ1) is 11.2. The molecule has 1 amide bonds. The third-order valence-corrected chi connectivity index (χ3v) is 3.62. The average Bonchev–Trinajstić information content (AvgIpc) is 3.02. The van der Waals surface area contributed by atoms with Gasteiger partial charge in [0.15, 0.2) is 4.77 Å². The minimum Gasteiger partial charge on any atom is -0.337 e. The molecule has 2 N–H and O–H groups in total. The molecule has 0 aliphatic carbocycles. The van der Waals surface area contributed by atoms with Gasteiger partial charge in [-0.15, -0.1) is 0 Å². The maximum absolute atomic E-state index is 12.0. The van der Waals surface area contributed by atoms with E-state index in [2.05, 4.69) is 10.5 Å². The Labute approximate surface area is 138 Å². The molecule has 0 atom stereocenters. The van der Waals surface area contributed by atoms with Crippen LogP contribution in [0.3, 0.4) is 0 Å². The molecule has 0 radical (unpaired) electrons. The molecule has 0 aliphatic rings. The zero-order valence-corrected chi connectivity index (χ0v) is 13.0. The quantitative estimate of drug-likeness (QED) is 0.558. The van der Waals surface area contributed by atoms with Crippen molar-refractivity contribution in [3.63, 3.8) is 0 Å². The number of hydrogen-bond acceptors (Lipinski definition) is 3. The monoisotopic (exact) mass is 325 g/mol. The summed E-state index contributed by atoms with van der Waals surface area (Å²) in [5.74, 6) is -0.287. The zero-order chi connectivity index (χ0) is 16.1. The highest BCUT2D eigenvalue weighted by atomic mass is 32.1. The fraction of sp³-hybridized carbons (Fsp3) is 0.0588. The predicted molar refractivity (Wildman–Crippen MR) is 89.7 cm³/mol. The van der Waals surface area contributed by atoms with Crippen molar-refractivity contribution in [1.29, 1.82) is 0 Å². The lowest BCUT2D eigenvalue weighted by molar-refractivity contribution is 0.0233. The Morgan fingerprint density at radius 1 is 1.13 bits per heavy atom. The number of rotatable bonds is 5. The number of nitrogens with zero attached hydrogens (tertiary/aromatic N) is 1. The van der Waals surface area contributed by atoms with E-state index in [1.807, 2.05) is 53.2 Å². The second-order valence-electron chi connectivity index (χ2n) is 4.89. The van der Waals surface area contributed by atoms with Gasteiger partial charge in [0, 0.05) is 23.6 Å². The Morgan fingerprint density at radius 3 is 2.52 bits per heavy atom. The van der Waals surface area contributed by atoms with E-state index in [9.17, 15) is 4.79 Å². The van der Waals surface area contributed by atoms with Crippen LogP contribution in [0.4, 0.5) is 0 Å². The largest absolute Gasteiger partial charge is 0.337 e. The van der Waals surface area contributed by atoms with E-state index in [1.54, 1.807) is 18.3 Å². The van der Waals surface area contributed by atoms with Gasteiger partial charge in [0.25, 0.3) is 5.91 Å². The first-order valence-electron chi connectivity index (χ1n) is 7.06. The van der Waals surface area contributed by atoms with E-state index in [0.29, 0.717) is 16.9 Å². The third-order valence-electron chi connectivity index (χ3n) is 3.30. The fourth-order valence-electron chi connectivity index (χ4n) is 2.12. The van der Waals surface area contributed by atoms with Crippen LogP contribution in [0.5, 0.6) is 0 Å². The van der Waals surface area contributed by atoms with Crippen molar-refractivity contribution >= 4 is 18.1 Å². The SMILES string of the molecule is O=C(NOCc1ccccc1)c1ccc(-n2cc[nH]c2=S)cc1. The average molecular weight is 325 g/mol. The van der Waals surface area contributed by atoms with Crippen LogP contribution in [0.2, 0.25) is 0 Å². The molecule has 1 heterocycles. The van der Waals surface area contributed by atoms with Gasteiger partial charge in [-0.2, -0.15) is 0 Å². The van der Waals surface area contributed by atoms with Gasteiger partial charge in [0.2, 0.25) is 0 Å². The van der Waals surface area contributed by atoms with E-state index in [0.717, 1.165) is 11.3 Å². The second kappa shape index (κ2) is 7.04. The summed E-state index contributed by atoms with van der Waals surface area (Å²) in [5.41, 5.74) is 4.84. The molecule has 6 heteroatoms. The van der Waals surface area contributed by atoms with Crippen LogP contribution in [0.15, 0.2) is 67.0 Å². The van der Waals surface area contributed by atoms with Crippen molar-refractivity contribution in [3.05, 3.63) is 82.9 Å². The van der Waals surface area contributed by atoms with Crippen LogP contribution < -0.4 is 5.48 Å². The van der Waals surface area contributed by atoms with Crippen molar-refractivity contribution in [2.24, 2.45) is 0 Å². The van der Waals surface area contributed by atoms with Crippen molar-refractivity contribution in [2.45, 2.75) is 6.61 Å². The topological polar surface area (TPSA) is 59.0 Å². The van der Waals surface area contributed by atoms with Crippen LogP contribution in [-0.2, 0) is 11.4 Å². The molecule has 5 nitrogen and oxygen atoms in total. The lowest BCUT2D eigenvalue weighted by Gasteiger charge is -2.07. The Morgan fingerprint density at radius 2 is 1.87 bits per heavy atom. The van der Waals surface area contributed by atoms with Crippen LogP contribution in [0, 0.1) is 4.77 Å². The molecular weight excluding hydrogens is 310 g/mol. The third kappa shape index (κ3) is 3.74. The van der Waals surface area contributed by atoms with Gasteiger partial charge in [-0.1, -0.05) is 30.3 Å². The summed E-state index contributed by atoms with van der Waals surface area (Å²) in [6.45, 7) is 0.323. The summed E-state index contributed by atoms with van der Waals surface area (Å²) in [5, 5.41) is 0. The van der Waals surface area contributed by atoms with E-state index in [4.69, 9.17) is 17.1 Å². The maximum atomic E-state index is 12.0. The molecule has 0 aliphatic heterocycles. The van der Waals surface area contributed by atoms with Gasteiger partial charge in [-0.05, 0) is 42.0 Å². The Hall–Kier alpha value is -2.70. The number of benzene rings is 2. The fourth-order valence-corrected chi connectivity index (χ4v) is 2.35. The summed E-state index contributed by atoms with van der Waals surface area (Å²) in [6, 6.07) is 16.8. The van der Waals surface area contributed by atoms with Crippen molar-refractivity contribution in [3.8, 4) is 5.69 Å². The van der Waals surface area contributed by atoms with Gasteiger partial charge in [0.05, 0.1) is 6.61 Å². The molecule has 0 saturated heterocycles. The maximum Gasteiger partial charge on any atom is 0.274 e. The van der Waals surface area contributed by atoms with E-state index < -0.39 is 0 Å². The normalized spacial score (nSPS) is 10.4. The number of H-pyrrole nitrogens is 1. The predicted octanol–water partition coefficient (Wildman–Crippen LogP) is 3.40. The van der Waals surface area contributed by atoms with Gasteiger partial charge in [-0.25, -0.2) is 5.48 Å². The molecule has 0 spiro atoms. The summed E-state index contributed by atoms with van der Waals surface area (Å²) >= 11 is 5.16. The number of carbonyl (C=O) groups is 1. The molecule has 0 unspecified atom stereocenters. The van der Waals surface area contributed by atoms with Crippen molar-refractivity contribution in [1.82, 2.24) is 15.0 Å². The Kier molecular flexibility index (Phi) is 4.65. The number of amides is 1. The van der Waals surface area contributed by atoms with Gasteiger partial charge < -0.3 is 4.98 Å². The highest BCUT2D eigenvalue weighted by molar-refractivity contribution is 7.71. The molecule has 0 bridgehead atoms. The molecule has 2 aromatic carbocycles. The number of nitrogens with one attached hydrogen (secondary N) is 2. The first-order valence-corrected chi connectivity index (χ1v) is 7.47. The molecule has 23 heavy (non-hydrogen) atoms. The highest BCUT2D eigenvalue weighted by Crippen LogP contribution is 2.10. The number of hydrogen-bond donors (Lipinski definition) is 2. The number of aromatic amines is 1. The van der Waals surface area contributed by atoms with Crippen LogP contribution in [0.1, 0.15) is 15.9 Å². The van der Waals surface area contributed by atoms with Gasteiger partial charge in [0.1, 0.15) is 0 Å². The van der Waals surface area contributed by atoms with E-state index in [1.165, 1.54) is 0 Å². The summed E-state index contributed by atoms with van der Waals surface area (Å²) < 4.78 is 2.43. The summed E-state index contributed by atoms with van der Waals surface area (Å²) in [4.78, 5) is 20.2. The molecule has 3 rings (SSSR count). The van der Waals surface area contributed by atoms with Crippen LogP contribution >= 0.6 is 12.2 Å². The standard InChI is InChI=1S/C17H15N3O2S/c21-16(19-22-12-13-4-2-1-3-5-13)14-6-8-15(9-7-14)20-11-10-18-17(20)23/h1-11H,12H2,(H,18,23)(H,19,21). The Bertz CT molecular complexity index is 838. The van der Waals surface area contributed by atoms with Gasteiger partial charge >= 0.3 is 0 Å². The number of imidazole rings is 1. The lowest BCUT2D eigenvalue weighted by Crippen LogP contribution is -2.23. The zero-order valence-electron chi connectivity index (χ0n) is 12.2. The van der Waals surface area contributed by atoms with Gasteiger partial charge in [-0.3, -0.25) is 14.2 Å². The molecule has 3 aromatic rings. The van der Waals surface area contributed by atoms with Crippen LogP contribution in [-0.4, -0.2) is 15.5 Å². The molecule has 0 fully saturated rings. The smallest absolute Gasteiger partial charge is 0.274 e. The highest BCUT2D eigenvalue weighted by Gasteiger charge is 2.06. The van der Waals surface area contributed by atoms with E-state index >= 15 is 0 Å². The Balaban J connectivity index is 1.60. The first kappa shape index (κ1) is 15.2. The van der Waals surface area contributed by atoms with Crippen LogP contribution in [0.25, 0.3) is 5.69 Å². The lowest BCUT2D eigenvalue weighted by atomic mass is 10.2.